The van der Waals surface area contributed by atoms with Gasteiger partial charge in [0.2, 0.25) is 0 Å². The number of carbonyl (C=O) groups excluding carboxylic acids is 1. The zero-order valence-corrected chi connectivity index (χ0v) is 13.7. The number of aryl methyl sites for hydroxylation is 1. The van der Waals surface area contributed by atoms with Crippen LogP contribution in [0.3, 0.4) is 0 Å². The molecule has 3 rings (SSSR count). The summed E-state index contributed by atoms with van der Waals surface area (Å²) < 4.78 is 4.85. The van der Waals surface area contributed by atoms with Crippen molar-refractivity contribution in [3.8, 4) is 15.5 Å². The van der Waals surface area contributed by atoms with Crippen LogP contribution >= 0.6 is 22.7 Å². The van der Waals surface area contributed by atoms with Gasteiger partial charge in [0.25, 0.3) is 0 Å². The Morgan fingerprint density at radius 3 is 2.78 bits per heavy atom. The standard InChI is InChI=1S/C17H12O4S2/c1-10-9-13(19)16(17(20)21-10)12(18)6-4-11-5-7-15(23-11)14-3-2-8-22-14/h2-9,19H,1H3. The summed E-state index contributed by atoms with van der Waals surface area (Å²) in [4.78, 5) is 27.0. The summed E-state index contributed by atoms with van der Waals surface area (Å²) in [7, 11) is 0. The Kier molecular flexibility index (Phi) is 4.27. The Morgan fingerprint density at radius 2 is 2.09 bits per heavy atom. The van der Waals surface area contributed by atoms with Crippen molar-refractivity contribution in [1.29, 1.82) is 0 Å². The summed E-state index contributed by atoms with van der Waals surface area (Å²) >= 11 is 3.19. The molecule has 0 aliphatic heterocycles. The Bertz CT molecular complexity index is 930. The van der Waals surface area contributed by atoms with Crippen LogP contribution in [-0.4, -0.2) is 10.9 Å². The van der Waals surface area contributed by atoms with Crippen LogP contribution in [0.5, 0.6) is 5.75 Å². The number of rotatable bonds is 4. The molecular weight excluding hydrogens is 332 g/mol. The predicted molar refractivity (Wildman–Crippen MR) is 92.4 cm³/mol. The number of thiophene rings is 2. The smallest absolute Gasteiger partial charge is 0.351 e. The monoisotopic (exact) mass is 344 g/mol. The topological polar surface area (TPSA) is 67.5 Å². The van der Waals surface area contributed by atoms with Gasteiger partial charge in [-0.25, -0.2) is 4.79 Å². The molecule has 0 fully saturated rings. The second kappa shape index (κ2) is 6.36. The first kappa shape index (κ1) is 15.5. The summed E-state index contributed by atoms with van der Waals surface area (Å²) in [5.41, 5.74) is -1.18. The van der Waals surface area contributed by atoms with Crippen LogP contribution in [0, 0.1) is 6.92 Å². The molecule has 0 unspecified atom stereocenters. The molecule has 0 bridgehead atoms. The lowest BCUT2D eigenvalue weighted by molar-refractivity contribution is 0.104. The Labute approximate surface area is 140 Å². The van der Waals surface area contributed by atoms with Gasteiger partial charge < -0.3 is 9.52 Å². The van der Waals surface area contributed by atoms with E-state index in [1.165, 1.54) is 19.1 Å². The highest BCUT2D eigenvalue weighted by Crippen LogP contribution is 2.32. The van der Waals surface area contributed by atoms with E-state index in [2.05, 4.69) is 0 Å². The first-order valence-electron chi connectivity index (χ1n) is 6.74. The van der Waals surface area contributed by atoms with Crippen LogP contribution < -0.4 is 5.63 Å². The van der Waals surface area contributed by atoms with Gasteiger partial charge in [-0.05, 0) is 42.7 Å². The Hall–Kier alpha value is -2.44. The molecule has 0 amide bonds. The highest BCUT2D eigenvalue weighted by Gasteiger charge is 2.16. The van der Waals surface area contributed by atoms with E-state index in [1.807, 2.05) is 29.6 Å². The molecule has 0 aliphatic rings. The average molecular weight is 344 g/mol. The summed E-state index contributed by atoms with van der Waals surface area (Å²) in [6.07, 6.45) is 2.90. The average Bonchev–Trinajstić information content (AvgIpc) is 3.15. The fraction of sp³-hybridized carbons (Fsp3) is 0.0588. The van der Waals surface area contributed by atoms with Gasteiger partial charge >= 0.3 is 5.63 Å². The minimum absolute atomic E-state index is 0.256. The molecule has 1 N–H and O–H groups in total. The molecule has 4 nitrogen and oxygen atoms in total. The van der Waals surface area contributed by atoms with Crippen molar-refractivity contribution >= 4 is 34.5 Å². The lowest BCUT2D eigenvalue weighted by atomic mass is 10.1. The largest absolute Gasteiger partial charge is 0.507 e. The fourth-order valence-electron chi connectivity index (χ4n) is 2.06. The zero-order valence-electron chi connectivity index (χ0n) is 12.1. The number of hydrogen-bond donors (Lipinski definition) is 1. The van der Waals surface area contributed by atoms with E-state index in [0.29, 0.717) is 0 Å². The van der Waals surface area contributed by atoms with E-state index >= 15 is 0 Å². The maximum absolute atomic E-state index is 12.1. The zero-order chi connectivity index (χ0) is 16.4. The number of aromatic hydroxyl groups is 1. The predicted octanol–water partition coefficient (Wildman–Crippen LogP) is 4.34. The van der Waals surface area contributed by atoms with Gasteiger partial charge in [-0.1, -0.05) is 6.07 Å². The third-order valence-electron chi connectivity index (χ3n) is 3.09. The van der Waals surface area contributed by atoms with Crippen molar-refractivity contribution < 1.29 is 14.3 Å². The molecule has 6 heteroatoms. The third kappa shape index (κ3) is 3.33. The van der Waals surface area contributed by atoms with Crippen LogP contribution in [0.15, 0.2) is 51.0 Å². The van der Waals surface area contributed by atoms with E-state index in [9.17, 15) is 14.7 Å². The van der Waals surface area contributed by atoms with Crippen molar-refractivity contribution in [3.05, 3.63) is 68.4 Å². The van der Waals surface area contributed by atoms with E-state index in [1.54, 1.807) is 28.7 Å². The lowest BCUT2D eigenvalue weighted by Crippen LogP contribution is -2.12. The first-order valence-corrected chi connectivity index (χ1v) is 8.44. The van der Waals surface area contributed by atoms with Crippen molar-refractivity contribution in [3.63, 3.8) is 0 Å². The molecule has 116 valence electrons. The van der Waals surface area contributed by atoms with Crippen LogP contribution in [-0.2, 0) is 0 Å². The van der Waals surface area contributed by atoms with E-state index in [4.69, 9.17) is 4.42 Å². The van der Waals surface area contributed by atoms with Gasteiger partial charge in [-0.3, -0.25) is 4.79 Å². The maximum Gasteiger partial charge on any atom is 0.351 e. The van der Waals surface area contributed by atoms with Crippen molar-refractivity contribution in [2.45, 2.75) is 6.92 Å². The maximum atomic E-state index is 12.1. The first-order chi connectivity index (χ1) is 11.0. The van der Waals surface area contributed by atoms with Gasteiger partial charge in [0, 0.05) is 20.7 Å². The molecule has 23 heavy (non-hydrogen) atoms. The summed E-state index contributed by atoms with van der Waals surface area (Å²) in [6.45, 7) is 1.53. The van der Waals surface area contributed by atoms with E-state index in [-0.39, 0.29) is 17.1 Å². The Balaban J connectivity index is 1.83. The number of carbonyl (C=O) groups is 1. The van der Waals surface area contributed by atoms with Crippen LogP contribution in [0.1, 0.15) is 21.0 Å². The van der Waals surface area contributed by atoms with Crippen LogP contribution in [0.4, 0.5) is 0 Å². The van der Waals surface area contributed by atoms with Gasteiger partial charge in [-0.15, -0.1) is 22.7 Å². The molecule has 0 saturated heterocycles. The molecule has 3 aromatic rings. The second-order valence-corrected chi connectivity index (χ2v) is 6.84. The molecule has 3 aromatic heterocycles. The van der Waals surface area contributed by atoms with Crippen LogP contribution in [0.2, 0.25) is 0 Å². The lowest BCUT2D eigenvalue weighted by Gasteiger charge is -1.99. The molecule has 3 heterocycles. The minimum Gasteiger partial charge on any atom is -0.507 e. The molecule has 0 aliphatic carbocycles. The summed E-state index contributed by atoms with van der Waals surface area (Å²) in [6, 6.07) is 9.16. The minimum atomic E-state index is -0.831. The number of allylic oxidation sites excluding steroid dienone is 1. The number of hydrogen-bond acceptors (Lipinski definition) is 6. The highest BCUT2D eigenvalue weighted by molar-refractivity contribution is 7.21. The van der Waals surface area contributed by atoms with Crippen molar-refractivity contribution in [2.75, 3.05) is 0 Å². The van der Waals surface area contributed by atoms with E-state index < -0.39 is 11.4 Å². The Morgan fingerprint density at radius 1 is 1.26 bits per heavy atom. The molecule has 0 aromatic carbocycles. The second-order valence-electron chi connectivity index (χ2n) is 4.78. The molecular formula is C17H12O4S2. The van der Waals surface area contributed by atoms with Crippen LogP contribution in [0.25, 0.3) is 15.8 Å². The summed E-state index contributed by atoms with van der Waals surface area (Å²) in [5.74, 6) is -0.687. The van der Waals surface area contributed by atoms with Gasteiger partial charge in [0.15, 0.2) is 5.78 Å². The van der Waals surface area contributed by atoms with Crippen molar-refractivity contribution in [1.82, 2.24) is 0 Å². The fourth-order valence-corrected chi connectivity index (χ4v) is 3.80. The number of ketones is 1. The highest BCUT2D eigenvalue weighted by atomic mass is 32.1. The molecule has 0 atom stereocenters. The molecule has 0 spiro atoms. The van der Waals surface area contributed by atoms with Gasteiger partial charge in [-0.2, -0.15) is 0 Å². The summed E-state index contributed by atoms with van der Waals surface area (Å²) in [5, 5.41) is 11.8. The van der Waals surface area contributed by atoms with Crippen molar-refractivity contribution in [2.24, 2.45) is 0 Å². The van der Waals surface area contributed by atoms with Gasteiger partial charge in [0.05, 0.1) is 0 Å². The normalized spacial score (nSPS) is 11.2. The van der Waals surface area contributed by atoms with Gasteiger partial charge in [0.1, 0.15) is 17.1 Å². The quantitative estimate of drug-likeness (QED) is 0.565. The van der Waals surface area contributed by atoms with E-state index in [0.717, 1.165) is 14.6 Å². The molecule has 0 radical (unpaired) electrons. The SMILES string of the molecule is Cc1cc(O)c(C(=O)C=Cc2ccc(-c3cccs3)s2)c(=O)o1. The third-order valence-corrected chi connectivity index (χ3v) is 5.21. The molecule has 0 saturated carbocycles.